The summed E-state index contributed by atoms with van der Waals surface area (Å²) in [5, 5.41) is 7.94. The SMILES string of the molecule is CCCOCC(N)c1noc(-c2cscc2C)n1. The van der Waals surface area contributed by atoms with E-state index in [1.807, 2.05) is 17.7 Å². The molecule has 2 aromatic heterocycles. The number of aryl methyl sites for hydroxylation is 1. The summed E-state index contributed by atoms with van der Waals surface area (Å²) in [5.74, 6) is 1.02. The first-order valence-corrected chi connectivity index (χ1v) is 6.86. The van der Waals surface area contributed by atoms with Gasteiger partial charge >= 0.3 is 0 Å². The minimum Gasteiger partial charge on any atom is -0.379 e. The molecule has 1 unspecified atom stereocenters. The van der Waals surface area contributed by atoms with Gasteiger partial charge in [-0.2, -0.15) is 16.3 Å². The van der Waals surface area contributed by atoms with E-state index < -0.39 is 0 Å². The Morgan fingerprint density at radius 2 is 2.33 bits per heavy atom. The molecule has 98 valence electrons. The van der Waals surface area contributed by atoms with E-state index in [1.54, 1.807) is 11.3 Å². The molecule has 2 rings (SSSR count). The molecule has 0 amide bonds. The maximum Gasteiger partial charge on any atom is 0.259 e. The van der Waals surface area contributed by atoms with Crippen molar-refractivity contribution in [1.29, 1.82) is 0 Å². The third-order valence-corrected chi connectivity index (χ3v) is 3.37. The van der Waals surface area contributed by atoms with Crippen molar-refractivity contribution in [2.24, 2.45) is 5.73 Å². The minimum absolute atomic E-state index is 0.340. The molecule has 6 heteroatoms. The van der Waals surface area contributed by atoms with E-state index in [-0.39, 0.29) is 6.04 Å². The Bertz CT molecular complexity index is 495. The van der Waals surface area contributed by atoms with Gasteiger partial charge in [0.2, 0.25) is 0 Å². The van der Waals surface area contributed by atoms with E-state index in [0.717, 1.165) is 17.5 Å². The van der Waals surface area contributed by atoms with E-state index >= 15 is 0 Å². The second kappa shape index (κ2) is 6.08. The molecule has 2 heterocycles. The molecule has 1 atom stereocenters. The predicted molar refractivity (Wildman–Crippen MR) is 70.4 cm³/mol. The number of ether oxygens (including phenoxy) is 1. The van der Waals surface area contributed by atoms with Gasteiger partial charge in [0.1, 0.15) is 0 Å². The summed E-state index contributed by atoms with van der Waals surface area (Å²) in [6, 6.07) is -0.340. The van der Waals surface area contributed by atoms with Crippen LogP contribution in [0.3, 0.4) is 0 Å². The second-order valence-electron chi connectivity index (χ2n) is 4.11. The molecular formula is C12H17N3O2S. The summed E-state index contributed by atoms with van der Waals surface area (Å²) in [5.41, 5.74) is 8.04. The highest BCUT2D eigenvalue weighted by molar-refractivity contribution is 7.08. The van der Waals surface area contributed by atoms with Gasteiger partial charge in [-0.15, -0.1) is 0 Å². The summed E-state index contributed by atoms with van der Waals surface area (Å²) >= 11 is 1.61. The molecule has 0 bridgehead atoms. The first-order valence-electron chi connectivity index (χ1n) is 5.92. The average Bonchev–Trinajstić information content (AvgIpc) is 2.97. The second-order valence-corrected chi connectivity index (χ2v) is 4.85. The molecule has 0 saturated heterocycles. The maximum atomic E-state index is 5.93. The monoisotopic (exact) mass is 267 g/mol. The molecule has 0 aliphatic carbocycles. The van der Waals surface area contributed by atoms with E-state index in [4.69, 9.17) is 15.0 Å². The molecule has 0 saturated carbocycles. The van der Waals surface area contributed by atoms with Crippen LogP contribution in [0.15, 0.2) is 15.3 Å². The molecule has 0 radical (unpaired) electrons. The normalized spacial score (nSPS) is 12.8. The summed E-state index contributed by atoms with van der Waals surface area (Å²) in [6.45, 7) is 5.18. The van der Waals surface area contributed by atoms with Gasteiger partial charge in [0.15, 0.2) is 5.82 Å². The Morgan fingerprint density at radius 1 is 1.50 bits per heavy atom. The van der Waals surface area contributed by atoms with Crippen molar-refractivity contribution in [3.63, 3.8) is 0 Å². The van der Waals surface area contributed by atoms with Crippen molar-refractivity contribution < 1.29 is 9.26 Å². The summed E-state index contributed by atoms with van der Waals surface area (Å²) in [4.78, 5) is 4.32. The van der Waals surface area contributed by atoms with Gasteiger partial charge in [0.05, 0.1) is 18.2 Å². The highest BCUT2D eigenvalue weighted by Gasteiger charge is 2.16. The van der Waals surface area contributed by atoms with Gasteiger partial charge in [-0.1, -0.05) is 12.1 Å². The van der Waals surface area contributed by atoms with Gasteiger partial charge in [-0.05, 0) is 24.3 Å². The quantitative estimate of drug-likeness (QED) is 0.814. The lowest BCUT2D eigenvalue weighted by Gasteiger charge is -2.06. The van der Waals surface area contributed by atoms with Gasteiger partial charge in [0, 0.05) is 12.0 Å². The van der Waals surface area contributed by atoms with Crippen molar-refractivity contribution in [3.8, 4) is 11.5 Å². The molecule has 0 aromatic carbocycles. The van der Waals surface area contributed by atoms with Crippen LogP contribution in [0.2, 0.25) is 0 Å². The van der Waals surface area contributed by atoms with Crippen molar-refractivity contribution >= 4 is 11.3 Å². The number of nitrogens with zero attached hydrogens (tertiary/aromatic N) is 2. The van der Waals surface area contributed by atoms with Crippen LogP contribution in [-0.2, 0) is 4.74 Å². The van der Waals surface area contributed by atoms with E-state index in [2.05, 4.69) is 17.1 Å². The standard InChI is InChI=1S/C12H17N3O2S/c1-3-4-16-5-10(13)11-14-12(17-15-11)9-7-18-6-8(9)2/h6-7,10H,3-5,13H2,1-2H3. The highest BCUT2D eigenvalue weighted by Crippen LogP contribution is 2.25. The van der Waals surface area contributed by atoms with Crippen LogP contribution in [-0.4, -0.2) is 23.4 Å². The van der Waals surface area contributed by atoms with E-state index in [9.17, 15) is 0 Å². The fourth-order valence-corrected chi connectivity index (χ4v) is 2.33. The number of nitrogens with two attached hydrogens (primary N) is 1. The third-order valence-electron chi connectivity index (χ3n) is 2.51. The Balaban J connectivity index is 2.04. The van der Waals surface area contributed by atoms with Crippen LogP contribution in [0, 0.1) is 6.92 Å². The Morgan fingerprint density at radius 3 is 3.00 bits per heavy atom. The van der Waals surface area contributed by atoms with E-state index in [1.165, 1.54) is 0 Å². The zero-order valence-corrected chi connectivity index (χ0v) is 11.4. The van der Waals surface area contributed by atoms with Crippen LogP contribution < -0.4 is 5.73 Å². The van der Waals surface area contributed by atoms with Crippen molar-refractivity contribution in [3.05, 3.63) is 22.1 Å². The number of rotatable bonds is 6. The van der Waals surface area contributed by atoms with Crippen molar-refractivity contribution in [2.45, 2.75) is 26.3 Å². The number of hydrogen-bond acceptors (Lipinski definition) is 6. The summed E-state index contributed by atoms with van der Waals surface area (Å²) < 4.78 is 10.6. The first-order chi connectivity index (χ1) is 8.72. The smallest absolute Gasteiger partial charge is 0.259 e. The van der Waals surface area contributed by atoms with Gasteiger partial charge in [0.25, 0.3) is 5.89 Å². The maximum absolute atomic E-state index is 5.93. The van der Waals surface area contributed by atoms with Gasteiger partial charge in [-0.25, -0.2) is 0 Å². The largest absolute Gasteiger partial charge is 0.379 e. The predicted octanol–water partition coefficient (Wildman–Crippen LogP) is 2.53. The van der Waals surface area contributed by atoms with Gasteiger partial charge in [-0.3, -0.25) is 0 Å². The molecular weight excluding hydrogens is 250 g/mol. The lowest BCUT2D eigenvalue weighted by molar-refractivity contribution is 0.119. The Kier molecular flexibility index (Phi) is 4.46. The lowest BCUT2D eigenvalue weighted by atomic mass is 10.2. The van der Waals surface area contributed by atoms with Crippen molar-refractivity contribution in [1.82, 2.24) is 10.1 Å². The van der Waals surface area contributed by atoms with Crippen LogP contribution in [0.5, 0.6) is 0 Å². The molecule has 0 fully saturated rings. The molecule has 2 N–H and O–H groups in total. The fraction of sp³-hybridized carbons (Fsp3) is 0.500. The number of hydrogen-bond donors (Lipinski definition) is 1. The zero-order chi connectivity index (χ0) is 13.0. The Hall–Kier alpha value is -1.24. The Labute approximate surface area is 110 Å². The van der Waals surface area contributed by atoms with E-state index in [0.29, 0.717) is 24.9 Å². The average molecular weight is 267 g/mol. The highest BCUT2D eigenvalue weighted by atomic mass is 32.1. The topological polar surface area (TPSA) is 74.2 Å². The first kappa shape index (κ1) is 13.2. The van der Waals surface area contributed by atoms with Crippen LogP contribution in [0.1, 0.15) is 30.8 Å². The molecule has 0 aliphatic heterocycles. The third kappa shape index (κ3) is 2.95. The number of aromatic nitrogens is 2. The van der Waals surface area contributed by atoms with Gasteiger partial charge < -0.3 is 15.0 Å². The molecule has 0 aliphatic rings. The van der Waals surface area contributed by atoms with Crippen LogP contribution in [0.25, 0.3) is 11.5 Å². The number of thiophene rings is 1. The molecule has 18 heavy (non-hydrogen) atoms. The van der Waals surface area contributed by atoms with Crippen LogP contribution >= 0.6 is 11.3 Å². The molecule has 0 spiro atoms. The van der Waals surface area contributed by atoms with Crippen LogP contribution in [0.4, 0.5) is 0 Å². The minimum atomic E-state index is -0.340. The molecule has 5 nitrogen and oxygen atoms in total. The summed E-state index contributed by atoms with van der Waals surface area (Å²) in [6.07, 6.45) is 0.971. The molecule has 2 aromatic rings. The fourth-order valence-electron chi connectivity index (χ4n) is 1.50. The van der Waals surface area contributed by atoms with Crippen molar-refractivity contribution in [2.75, 3.05) is 13.2 Å². The zero-order valence-electron chi connectivity index (χ0n) is 10.5. The lowest BCUT2D eigenvalue weighted by Crippen LogP contribution is -2.18. The summed E-state index contributed by atoms with van der Waals surface area (Å²) in [7, 11) is 0.